The highest BCUT2D eigenvalue weighted by Crippen LogP contribution is 2.46. The second kappa shape index (κ2) is 7.86. The first-order valence-corrected chi connectivity index (χ1v) is 11.5. The van der Waals surface area contributed by atoms with Crippen molar-refractivity contribution in [2.75, 3.05) is 13.2 Å². The summed E-state index contributed by atoms with van der Waals surface area (Å²) in [5, 5.41) is 12.4. The number of thiophene rings is 1. The van der Waals surface area contributed by atoms with E-state index in [4.69, 9.17) is 9.26 Å². The van der Waals surface area contributed by atoms with Gasteiger partial charge >= 0.3 is 0 Å². The molecule has 5 heterocycles. The molecule has 3 aromatic rings. The fourth-order valence-corrected chi connectivity index (χ4v) is 5.93. The molecule has 1 saturated heterocycles. The van der Waals surface area contributed by atoms with E-state index in [0.717, 1.165) is 51.1 Å². The van der Waals surface area contributed by atoms with E-state index in [-0.39, 0.29) is 5.60 Å². The van der Waals surface area contributed by atoms with E-state index in [9.17, 15) is 0 Å². The molecule has 1 spiro atoms. The summed E-state index contributed by atoms with van der Waals surface area (Å²) in [5.41, 5.74) is 2.31. The van der Waals surface area contributed by atoms with Crippen molar-refractivity contribution in [3.05, 3.63) is 45.0 Å². The van der Waals surface area contributed by atoms with Crippen LogP contribution in [0.3, 0.4) is 0 Å². The molecule has 0 saturated carbocycles. The van der Waals surface area contributed by atoms with E-state index in [1.54, 1.807) is 4.68 Å². The van der Waals surface area contributed by atoms with Crippen molar-refractivity contribution in [3.8, 4) is 0 Å². The number of fused-ring (bicyclic) bond motifs is 2. The maximum absolute atomic E-state index is 6.46. The molecule has 30 heavy (non-hydrogen) atoms. The highest BCUT2D eigenvalue weighted by molar-refractivity contribution is 7.12. The second-order valence-electron chi connectivity index (χ2n) is 8.41. The van der Waals surface area contributed by atoms with Crippen molar-refractivity contribution >= 4 is 11.3 Å². The first-order valence-electron chi connectivity index (χ1n) is 10.7. The van der Waals surface area contributed by atoms with E-state index >= 15 is 0 Å². The Labute approximate surface area is 180 Å². The topological polar surface area (TPSA) is 82.1 Å². The van der Waals surface area contributed by atoms with Gasteiger partial charge < -0.3 is 9.26 Å². The molecule has 9 heteroatoms. The third-order valence-corrected chi connectivity index (χ3v) is 7.62. The largest absolute Gasteiger partial charge is 0.370 e. The zero-order valence-electron chi connectivity index (χ0n) is 17.8. The zero-order chi connectivity index (χ0) is 20.7. The smallest absolute Gasteiger partial charge is 0.248 e. The summed E-state index contributed by atoms with van der Waals surface area (Å²) in [4.78, 5) is 9.73. The Bertz CT molecular complexity index is 1030. The Kier molecular flexibility index (Phi) is 5.20. The predicted molar refractivity (Wildman–Crippen MR) is 112 cm³/mol. The van der Waals surface area contributed by atoms with Gasteiger partial charge in [0.1, 0.15) is 6.54 Å². The summed E-state index contributed by atoms with van der Waals surface area (Å²) in [7, 11) is 0. The van der Waals surface area contributed by atoms with Crippen LogP contribution in [-0.2, 0) is 36.3 Å². The minimum Gasteiger partial charge on any atom is -0.370 e. The average Bonchev–Trinajstić information content (AvgIpc) is 3.45. The van der Waals surface area contributed by atoms with Crippen LogP contribution in [0.5, 0.6) is 0 Å². The molecule has 0 unspecified atom stereocenters. The van der Waals surface area contributed by atoms with E-state index in [1.165, 1.54) is 15.3 Å². The summed E-state index contributed by atoms with van der Waals surface area (Å²) >= 11 is 1.98. The normalized spacial score (nSPS) is 24.4. The summed E-state index contributed by atoms with van der Waals surface area (Å²) in [6.07, 6.45) is 6.18. The quantitative estimate of drug-likeness (QED) is 0.617. The number of hydrogen-bond donors (Lipinski definition) is 0. The molecule has 2 atom stereocenters. The fourth-order valence-electron chi connectivity index (χ4n) is 4.75. The number of ether oxygens (including phenoxy) is 1. The van der Waals surface area contributed by atoms with Crippen molar-refractivity contribution in [2.24, 2.45) is 0 Å². The van der Waals surface area contributed by atoms with Crippen LogP contribution in [0.4, 0.5) is 0 Å². The molecule has 0 amide bonds. The Morgan fingerprint density at radius 3 is 3.00 bits per heavy atom. The minimum absolute atomic E-state index is 0.110. The predicted octanol–water partition coefficient (Wildman–Crippen LogP) is 3.09. The maximum atomic E-state index is 6.46. The molecule has 0 radical (unpaired) electrons. The lowest BCUT2D eigenvalue weighted by atomic mass is 9.79. The first kappa shape index (κ1) is 19.8. The third kappa shape index (κ3) is 3.70. The molecule has 0 bridgehead atoms. The van der Waals surface area contributed by atoms with Crippen LogP contribution < -0.4 is 0 Å². The lowest BCUT2D eigenvalue weighted by Crippen LogP contribution is -2.50. The molecule has 0 N–H and O–H groups in total. The summed E-state index contributed by atoms with van der Waals surface area (Å²) in [6.45, 7) is 9.42. The lowest BCUT2D eigenvalue weighted by Gasteiger charge is -2.47. The maximum Gasteiger partial charge on any atom is 0.248 e. The van der Waals surface area contributed by atoms with Gasteiger partial charge in [-0.2, -0.15) is 4.98 Å². The monoisotopic (exact) mass is 428 g/mol. The molecule has 2 aliphatic heterocycles. The summed E-state index contributed by atoms with van der Waals surface area (Å²) in [6, 6.07) is 2.82. The number of rotatable bonds is 5. The van der Waals surface area contributed by atoms with Gasteiger partial charge in [-0.05, 0) is 44.7 Å². The number of hydrogen-bond acceptors (Lipinski definition) is 8. The molecule has 2 aliphatic rings. The molecule has 8 nitrogen and oxygen atoms in total. The average molecular weight is 429 g/mol. The summed E-state index contributed by atoms with van der Waals surface area (Å²) < 4.78 is 13.4. The van der Waals surface area contributed by atoms with Crippen molar-refractivity contribution in [1.82, 2.24) is 30.0 Å². The van der Waals surface area contributed by atoms with Crippen LogP contribution in [0.2, 0.25) is 0 Å². The molecule has 0 aliphatic carbocycles. The van der Waals surface area contributed by atoms with Crippen LogP contribution in [0.15, 0.2) is 16.8 Å². The molecule has 0 aromatic carbocycles. The second-order valence-corrected chi connectivity index (χ2v) is 9.63. The molecule has 5 rings (SSSR count). The van der Waals surface area contributed by atoms with Crippen LogP contribution >= 0.6 is 11.3 Å². The van der Waals surface area contributed by atoms with Gasteiger partial charge in [-0.3, -0.25) is 4.90 Å². The molecular formula is C21H28N6O2S. The van der Waals surface area contributed by atoms with Gasteiger partial charge in [-0.25, -0.2) is 4.68 Å². The number of aryl methyl sites for hydroxylation is 2. The van der Waals surface area contributed by atoms with Gasteiger partial charge in [0.25, 0.3) is 0 Å². The van der Waals surface area contributed by atoms with Crippen molar-refractivity contribution in [2.45, 2.75) is 71.2 Å². The van der Waals surface area contributed by atoms with Gasteiger partial charge in [0.05, 0.1) is 24.1 Å². The van der Waals surface area contributed by atoms with E-state index in [1.807, 2.05) is 24.5 Å². The number of likely N-dealkylation sites (tertiary alicyclic amines) is 1. The molecule has 3 aromatic heterocycles. The molecular weight excluding hydrogens is 400 g/mol. The standard InChI is InChI=1S/C21H28N6O2S/c1-4-17-9-18-19(30-17)5-8-28-21(18)6-7-26(14(2)10-21)11-16-12-27(25-23-16)13-20-22-15(3)24-29-20/h9,12,14H,4-8,10-11,13H2,1-3H3/t14-,21+/m0/s1. The van der Waals surface area contributed by atoms with Gasteiger partial charge in [-0.15, -0.1) is 16.4 Å². The number of aromatic nitrogens is 5. The SMILES string of the molecule is CCc1cc2c(s1)CCO[C@@]21CCN(Cc2cn(Cc3nc(C)no3)nn2)[C@@H](C)C1. The molecule has 1 fully saturated rings. The highest BCUT2D eigenvalue weighted by Gasteiger charge is 2.44. The Morgan fingerprint density at radius 2 is 2.23 bits per heavy atom. The zero-order valence-corrected chi connectivity index (χ0v) is 18.6. The summed E-state index contributed by atoms with van der Waals surface area (Å²) in [5.74, 6) is 1.18. The number of piperidine rings is 1. The van der Waals surface area contributed by atoms with Gasteiger partial charge in [-0.1, -0.05) is 17.3 Å². The van der Waals surface area contributed by atoms with E-state index < -0.39 is 0 Å². The Balaban J connectivity index is 1.26. The van der Waals surface area contributed by atoms with E-state index in [0.29, 0.717) is 24.3 Å². The van der Waals surface area contributed by atoms with Crippen LogP contribution in [0.1, 0.15) is 59.4 Å². The first-order chi connectivity index (χ1) is 14.5. The van der Waals surface area contributed by atoms with Crippen molar-refractivity contribution in [3.63, 3.8) is 0 Å². The van der Waals surface area contributed by atoms with Crippen molar-refractivity contribution < 1.29 is 9.26 Å². The third-order valence-electron chi connectivity index (χ3n) is 6.28. The van der Waals surface area contributed by atoms with Gasteiger partial charge in [0, 0.05) is 35.3 Å². The lowest BCUT2D eigenvalue weighted by molar-refractivity contribution is -0.112. The van der Waals surface area contributed by atoms with Crippen LogP contribution in [0.25, 0.3) is 0 Å². The molecule has 160 valence electrons. The van der Waals surface area contributed by atoms with E-state index in [2.05, 4.69) is 45.3 Å². The van der Waals surface area contributed by atoms with Crippen LogP contribution in [-0.4, -0.2) is 49.2 Å². The van der Waals surface area contributed by atoms with Crippen molar-refractivity contribution in [1.29, 1.82) is 0 Å². The van der Waals surface area contributed by atoms with Crippen LogP contribution in [0, 0.1) is 6.92 Å². The Morgan fingerprint density at radius 1 is 1.33 bits per heavy atom. The van der Waals surface area contributed by atoms with Gasteiger partial charge in [0.15, 0.2) is 5.82 Å². The van der Waals surface area contributed by atoms with Gasteiger partial charge in [0.2, 0.25) is 5.89 Å². The number of nitrogens with zero attached hydrogens (tertiary/aromatic N) is 6. The minimum atomic E-state index is -0.110. The Hall–Kier alpha value is -2.10. The highest BCUT2D eigenvalue weighted by atomic mass is 32.1. The fraction of sp³-hybridized carbons (Fsp3) is 0.619.